The molecule has 2 aromatic heterocycles. The zero-order chi connectivity index (χ0) is 33.1. The second-order valence-electron chi connectivity index (χ2n) is 13.3. The summed E-state index contributed by atoms with van der Waals surface area (Å²) in [7, 11) is 0. The van der Waals surface area contributed by atoms with E-state index >= 15 is 0 Å². The smallest absolute Gasteiger partial charge is 0.437 e. The SMILES string of the molecule is CC(C)(C)OC(=O)N=C(N1CCC[C@H]1Cc1nc(-c2ccc(Cn3cc(-c4ccccc4)nn3)cc2)no1)N(C(=O)O)C(C)(C)C. The second-order valence-corrected chi connectivity index (χ2v) is 13.3. The first kappa shape index (κ1) is 32.3. The van der Waals surface area contributed by atoms with Gasteiger partial charge >= 0.3 is 12.2 Å². The molecular formula is C33H40N8O5. The van der Waals surface area contributed by atoms with Crippen LogP contribution in [0.15, 0.2) is 70.3 Å². The molecule has 1 aliphatic rings. The van der Waals surface area contributed by atoms with Gasteiger partial charge in [-0.3, -0.25) is 0 Å². The van der Waals surface area contributed by atoms with E-state index in [1.165, 1.54) is 0 Å². The Balaban J connectivity index is 1.29. The molecule has 242 valence electrons. The van der Waals surface area contributed by atoms with Crippen molar-refractivity contribution in [2.24, 2.45) is 4.99 Å². The fourth-order valence-electron chi connectivity index (χ4n) is 5.31. The van der Waals surface area contributed by atoms with Crippen molar-refractivity contribution < 1.29 is 24.0 Å². The Bertz CT molecular complexity index is 1680. The monoisotopic (exact) mass is 628 g/mol. The maximum Gasteiger partial charge on any atom is 0.437 e. The van der Waals surface area contributed by atoms with Crippen molar-refractivity contribution in [3.8, 4) is 22.6 Å². The Kier molecular flexibility index (Phi) is 9.22. The van der Waals surface area contributed by atoms with Crippen LogP contribution < -0.4 is 0 Å². The summed E-state index contributed by atoms with van der Waals surface area (Å²) in [6.45, 7) is 11.5. The van der Waals surface area contributed by atoms with Crippen LogP contribution in [0, 0.1) is 0 Å². The summed E-state index contributed by atoms with van der Waals surface area (Å²) in [4.78, 5) is 37.0. The molecular weight excluding hydrogens is 588 g/mol. The van der Waals surface area contributed by atoms with Crippen LogP contribution in [-0.2, 0) is 17.7 Å². The van der Waals surface area contributed by atoms with Gasteiger partial charge in [0.25, 0.3) is 0 Å². The molecule has 0 saturated carbocycles. The molecule has 3 heterocycles. The van der Waals surface area contributed by atoms with Gasteiger partial charge in [-0.1, -0.05) is 65.0 Å². The van der Waals surface area contributed by atoms with Gasteiger partial charge < -0.3 is 19.3 Å². The third-order valence-electron chi connectivity index (χ3n) is 7.32. The molecule has 2 amide bonds. The van der Waals surface area contributed by atoms with E-state index in [0.717, 1.165) is 40.1 Å². The van der Waals surface area contributed by atoms with E-state index in [1.54, 1.807) is 46.2 Å². The normalized spacial score (nSPS) is 15.7. The summed E-state index contributed by atoms with van der Waals surface area (Å²) < 4.78 is 12.8. The molecule has 4 aromatic rings. The molecule has 46 heavy (non-hydrogen) atoms. The minimum absolute atomic E-state index is 0.0235. The first-order chi connectivity index (χ1) is 21.8. The Morgan fingerprint density at radius 3 is 2.41 bits per heavy atom. The third kappa shape index (κ3) is 7.95. The molecule has 1 N–H and O–H groups in total. The van der Waals surface area contributed by atoms with Gasteiger partial charge in [-0.05, 0) is 59.9 Å². The summed E-state index contributed by atoms with van der Waals surface area (Å²) in [6, 6.07) is 17.5. The molecule has 1 aliphatic heterocycles. The lowest BCUT2D eigenvalue weighted by Crippen LogP contribution is -2.56. The first-order valence-electron chi connectivity index (χ1n) is 15.3. The topological polar surface area (TPSA) is 152 Å². The standard InChI is InChI=1S/C33H40N8O5/c1-32(2,3)41(31(43)44)29(35-30(42)45-33(4,5)6)40-18-10-13-25(40)19-27-34-28(37-46-27)24-16-14-22(15-17-24)20-39-21-26(36-38-39)23-11-8-7-9-12-23/h7-9,11-12,14-17,21,25H,10,13,18-20H2,1-6H3,(H,43,44)/t25-/m0/s1. The molecule has 2 aromatic carbocycles. The number of hydrogen-bond acceptors (Lipinski definition) is 8. The number of carboxylic acid groups (broad SMARTS) is 1. The Hall–Kier alpha value is -5.07. The van der Waals surface area contributed by atoms with Gasteiger partial charge in [0.2, 0.25) is 17.7 Å². The number of aliphatic imine (C=N–C) groups is 1. The highest BCUT2D eigenvalue weighted by Crippen LogP contribution is 2.27. The van der Waals surface area contributed by atoms with Crippen molar-refractivity contribution in [3.63, 3.8) is 0 Å². The summed E-state index contributed by atoms with van der Waals surface area (Å²) in [5, 5.41) is 22.9. The quantitative estimate of drug-likeness (QED) is 0.195. The first-order valence-corrected chi connectivity index (χ1v) is 15.3. The van der Waals surface area contributed by atoms with E-state index < -0.39 is 23.3 Å². The highest BCUT2D eigenvalue weighted by Gasteiger charge is 2.39. The number of amides is 2. The number of aromatic nitrogens is 5. The van der Waals surface area contributed by atoms with Gasteiger partial charge in [-0.2, -0.15) is 4.98 Å². The van der Waals surface area contributed by atoms with Crippen LogP contribution in [0.1, 0.15) is 65.8 Å². The lowest BCUT2D eigenvalue weighted by molar-refractivity contribution is 0.0595. The molecule has 13 nitrogen and oxygen atoms in total. The number of benzene rings is 2. The number of ether oxygens (including phenoxy) is 1. The third-order valence-corrected chi connectivity index (χ3v) is 7.32. The van der Waals surface area contributed by atoms with Gasteiger partial charge in [0.1, 0.15) is 11.3 Å². The lowest BCUT2D eigenvalue weighted by Gasteiger charge is -2.39. The largest absolute Gasteiger partial charge is 0.465 e. The number of likely N-dealkylation sites (tertiary alicyclic amines) is 1. The zero-order valence-corrected chi connectivity index (χ0v) is 27.0. The van der Waals surface area contributed by atoms with E-state index in [9.17, 15) is 14.7 Å². The maximum atomic E-state index is 12.8. The molecule has 0 aliphatic carbocycles. The summed E-state index contributed by atoms with van der Waals surface area (Å²) in [5.74, 6) is 0.874. The average Bonchev–Trinajstić information content (AvgIpc) is 3.74. The number of rotatable bonds is 6. The number of carbonyl (C=O) groups excluding carboxylic acids is 1. The summed E-state index contributed by atoms with van der Waals surface area (Å²) in [6.07, 6.45) is 1.70. The van der Waals surface area contributed by atoms with Gasteiger partial charge in [-0.15, -0.1) is 10.1 Å². The number of carbonyl (C=O) groups is 2. The van der Waals surface area contributed by atoms with Crippen molar-refractivity contribution in [2.75, 3.05) is 6.54 Å². The predicted octanol–water partition coefficient (Wildman–Crippen LogP) is 6.12. The molecule has 0 unspecified atom stereocenters. The highest BCUT2D eigenvalue weighted by atomic mass is 16.6. The second kappa shape index (κ2) is 13.1. The lowest BCUT2D eigenvalue weighted by atomic mass is 10.1. The molecule has 0 spiro atoms. The Morgan fingerprint density at radius 1 is 1.04 bits per heavy atom. The van der Waals surface area contributed by atoms with E-state index in [2.05, 4.69) is 25.4 Å². The molecule has 0 radical (unpaired) electrons. The number of nitrogens with zero attached hydrogens (tertiary/aromatic N) is 8. The van der Waals surface area contributed by atoms with Gasteiger partial charge in [0.15, 0.2) is 0 Å². The molecule has 1 fully saturated rings. The van der Waals surface area contributed by atoms with Crippen LogP contribution in [0.4, 0.5) is 9.59 Å². The zero-order valence-electron chi connectivity index (χ0n) is 27.0. The van der Waals surface area contributed by atoms with E-state index in [4.69, 9.17) is 9.26 Å². The van der Waals surface area contributed by atoms with Gasteiger partial charge in [0.05, 0.1) is 12.7 Å². The fraction of sp³-hybridized carbons (Fsp3) is 0.424. The van der Waals surface area contributed by atoms with Crippen LogP contribution >= 0.6 is 0 Å². The molecule has 1 atom stereocenters. The van der Waals surface area contributed by atoms with Crippen LogP contribution in [0.5, 0.6) is 0 Å². The van der Waals surface area contributed by atoms with Crippen molar-refractivity contribution in [2.45, 2.75) is 84.5 Å². The van der Waals surface area contributed by atoms with E-state index in [0.29, 0.717) is 31.2 Å². The molecule has 5 rings (SSSR count). The van der Waals surface area contributed by atoms with Crippen LogP contribution in [0.3, 0.4) is 0 Å². The van der Waals surface area contributed by atoms with Crippen LogP contribution in [-0.4, -0.2) is 81.9 Å². The van der Waals surface area contributed by atoms with Crippen molar-refractivity contribution in [3.05, 3.63) is 72.2 Å². The average molecular weight is 629 g/mol. The van der Waals surface area contributed by atoms with Gasteiger partial charge in [0, 0.05) is 35.7 Å². The minimum Gasteiger partial charge on any atom is -0.465 e. The van der Waals surface area contributed by atoms with Crippen molar-refractivity contribution in [1.29, 1.82) is 0 Å². The van der Waals surface area contributed by atoms with Crippen LogP contribution in [0.25, 0.3) is 22.6 Å². The Labute approximate surface area is 267 Å². The van der Waals surface area contributed by atoms with Crippen molar-refractivity contribution >= 4 is 18.1 Å². The summed E-state index contributed by atoms with van der Waals surface area (Å²) >= 11 is 0. The molecule has 0 bridgehead atoms. The van der Waals surface area contributed by atoms with Crippen molar-refractivity contribution in [1.82, 2.24) is 34.9 Å². The van der Waals surface area contributed by atoms with Crippen LogP contribution in [0.2, 0.25) is 0 Å². The number of hydrogen-bond donors (Lipinski definition) is 1. The van der Waals surface area contributed by atoms with E-state index in [-0.39, 0.29) is 12.0 Å². The molecule has 13 heteroatoms. The highest BCUT2D eigenvalue weighted by molar-refractivity contribution is 5.99. The maximum absolute atomic E-state index is 12.8. The minimum atomic E-state index is -1.22. The summed E-state index contributed by atoms with van der Waals surface area (Å²) in [5.41, 5.74) is 2.00. The van der Waals surface area contributed by atoms with E-state index in [1.807, 2.05) is 65.7 Å². The Morgan fingerprint density at radius 2 is 1.76 bits per heavy atom. The van der Waals surface area contributed by atoms with Gasteiger partial charge in [-0.25, -0.2) is 19.2 Å². The molecule has 1 saturated heterocycles. The predicted molar refractivity (Wildman–Crippen MR) is 171 cm³/mol. The fourth-order valence-corrected chi connectivity index (χ4v) is 5.31. The number of guanidine groups is 1.